The molecule has 0 aliphatic heterocycles. The molecule has 1 aliphatic carbocycles. The number of nitrogens with zero attached hydrogens (tertiary/aromatic N) is 2. The maximum Gasteiger partial charge on any atom is 0.237 e. The molecule has 0 radical (unpaired) electrons. The Kier molecular flexibility index (Phi) is 4.78. The number of benzene rings is 1. The van der Waals surface area contributed by atoms with Crippen LogP contribution in [0.25, 0.3) is 0 Å². The molecular weight excluding hydrogens is 278 g/mol. The monoisotopic (exact) mass is 297 g/mol. The number of hydrogen-bond acceptors (Lipinski definition) is 5. The molecular formula is C17H19N3O2. The van der Waals surface area contributed by atoms with E-state index in [1.54, 1.807) is 18.6 Å². The van der Waals surface area contributed by atoms with Crippen LogP contribution in [0.2, 0.25) is 0 Å². The van der Waals surface area contributed by atoms with Gasteiger partial charge in [0.15, 0.2) is 0 Å². The van der Waals surface area contributed by atoms with Crippen molar-refractivity contribution < 1.29 is 9.84 Å². The van der Waals surface area contributed by atoms with Gasteiger partial charge < -0.3 is 15.2 Å². The molecule has 114 valence electrons. The first-order valence-electron chi connectivity index (χ1n) is 7.39. The Morgan fingerprint density at radius 3 is 2.73 bits per heavy atom. The molecule has 1 aliphatic rings. The molecule has 2 atom stereocenters. The van der Waals surface area contributed by atoms with E-state index in [1.807, 2.05) is 24.3 Å². The minimum atomic E-state index is 0.225. The number of rotatable bonds is 6. The number of nitrogens with one attached hydrogen (secondary N) is 1. The lowest BCUT2D eigenvalue weighted by Crippen LogP contribution is -2.26. The van der Waals surface area contributed by atoms with Crippen molar-refractivity contribution in [2.24, 2.45) is 5.92 Å². The van der Waals surface area contributed by atoms with Gasteiger partial charge in [-0.25, -0.2) is 4.98 Å². The zero-order chi connectivity index (χ0) is 15.2. The normalized spacial score (nSPS) is 20.2. The molecule has 0 amide bonds. The molecule has 22 heavy (non-hydrogen) atoms. The van der Waals surface area contributed by atoms with Crippen LogP contribution in [-0.2, 0) is 6.54 Å². The predicted molar refractivity (Wildman–Crippen MR) is 83.5 cm³/mol. The van der Waals surface area contributed by atoms with Crippen LogP contribution < -0.4 is 10.1 Å². The van der Waals surface area contributed by atoms with Crippen molar-refractivity contribution in [3.63, 3.8) is 0 Å². The van der Waals surface area contributed by atoms with Crippen LogP contribution in [0.15, 0.2) is 55.0 Å². The third kappa shape index (κ3) is 3.90. The minimum absolute atomic E-state index is 0.225. The second-order valence-corrected chi connectivity index (χ2v) is 5.34. The van der Waals surface area contributed by atoms with Gasteiger partial charge in [-0.15, -0.1) is 0 Å². The van der Waals surface area contributed by atoms with Gasteiger partial charge in [0.1, 0.15) is 5.75 Å². The third-order valence-corrected chi connectivity index (χ3v) is 3.66. The quantitative estimate of drug-likeness (QED) is 0.801. The summed E-state index contributed by atoms with van der Waals surface area (Å²) in [6.07, 6.45) is 9.97. The van der Waals surface area contributed by atoms with E-state index in [0.717, 1.165) is 18.7 Å². The molecule has 2 aromatic rings. The largest absolute Gasteiger partial charge is 0.438 e. The molecule has 2 N–H and O–H groups in total. The van der Waals surface area contributed by atoms with Crippen molar-refractivity contribution in [1.82, 2.24) is 15.3 Å². The highest BCUT2D eigenvalue weighted by molar-refractivity contribution is 5.30. The summed E-state index contributed by atoms with van der Waals surface area (Å²) in [5.74, 6) is 1.52. The predicted octanol–water partition coefficient (Wildman–Crippen LogP) is 2.30. The Labute approximate surface area is 129 Å². The van der Waals surface area contributed by atoms with Crippen molar-refractivity contribution in [2.75, 3.05) is 6.61 Å². The van der Waals surface area contributed by atoms with Crippen LogP contribution in [0.3, 0.4) is 0 Å². The molecule has 0 fully saturated rings. The minimum Gasteiger partial charge on any atom is -0.438 e. The maximum atomic E-state index is 9.12. The topological polar surface area (TPSA) is 67.3 Å². The maximum absolute atomic E-state index is 9.12. The summed E-state index contributed by atoms with van der Waals surface area (Å²) in [5, 5.41) is 12.6. The molecule has 5 nitrogen and oxygen atoms in total. The average Bonchev–Trinajstić information content (AvgIpc) is 3.03. The van der Waals surface area contributed by atoms with Gasteiger partial charge in [-0.05, 0) is 24.1 Å². The average molecular weight is 297 g/mol. The first-order chi connectivity index (χ1) is 10.8. The van der Waals surface area contributed by atoms with E-state index < -0.39 is 0 Å². The summed E-state index contributed by atoms with van der Waals surface area (Å²) in [6.45, 7) is 1.02. The van der Waals surface area contributed by atoms with Crippen molar-refractivity contribution in [2.45, 2.75) is 19.0 Å². The van der Waals surface area contributed by atoms with Gasteiger partial charge in [-0.3, -0.25) is 4.98 Å². The summed E-state index contributed by atoms with van der Waals surface area (Å²) in [6, 6.07) is 8.24. The van der Waals surface area contributed by atoms with Gasteiger partial charge in [0.25, 0.3) is 0 Å². The highest BCUT2D eigenvalue weighted by Crippen LogP contribution is 2.20. The van der Waals surface area contributed by atoms with E-state index in [-0.39, 0.29) is 6.61 Å². The van der Waals surface area contributed by atoms with Gasteiger partial charge in [0.2, 0.25) is 5.88 Å². The Balaban J connectivity index is 1.50. The molecule has 1 heterocycles. The van der Waals surface area contributed by atoms with E-state index in [4.69, 9.17) is 9.84 Å². The Morgan fingerprint density at radius 1 is 1.18 bits per heavy atom. The third-order valence-electron chi connectivity index (χ3n) is 3.66. The van der Waals surface area contributed by atoms with Crippen LogP contribution in [0.1, 0.15) is 12.0 Å². The van der Waals surface area contributed by atoms with Crippen LogP contribution in [0.5, 0.6) is 11.6 Å². The summed E-state index contributed by atoms with van der Waals surface area (Å²) >= 11 is 0. The number of aromatic nitrogens is 2. The Hall–Kier alpha value is -2.24. The molecule has 5 heteroatoms. The fourth-order valence-corrected chi connectivity index (χ4v) is 2.44. The fourth-order valence-electron chi connectivity index (χ4n) is 2.44. The zero-order valence-electron chi connectivity index (χ0n) is 12.2. The number of aliphatic hydroxyl groups is 1. The van der Waals surface area contributed by atoms with Gasteiger partial charge in [0, 0.05) is 37.5 Å². The summed E-state index contributed by atoms with van der Waals surface area (Å²) in [4.78, 5) is 8.04. The van der Waals surface area contributed by atoms with Gasteiger partial charge >= 0.3 is 0 Å². The van der Waals surface area contributed by atoms with Crippen LogP contribution in [-0.4, -0.2) is 27.7 Å². The number of hydrogen-bond donors (Lipinski definition) is 2. The van der Waals surface area contributed by atoms with Gasteiger partial charge in [0.05, 0.1) is 6.20 Å². The lowest BCUT2D eigenvalue weighted by molar-refractivity contribution is 0.246. The lowest BCUT2D eigenvalue weighted by atomic mass is 10.1. The number of ether oxygens (including phenoxy) is 1. The van der Waals surface area contributed by atoms with E-state index in [1.165, 1.54) is 5.56 Å². The van der Waals surface area contributed by atoms with E-state index >= 15 is 0 Å². The first-order valence-corrected chi connectivity index (χ1v) is 7.39. The molecule has 0 saturated heterocycles. The molecule has 0 unspecified atom stereocenters. The SMILES string of the molecule is OC[C@H]1C=C[C@@H](NCc2ccc(Oc3cnccn3)cc2)C1. The lowest BCUT2D eigenvalue weighted by Gasteiger charge is -2.13. The summed E-state index contributed by atoms with van der Waals surface area (Å²) in [5.41, 5.74) is 1.19. The van der Waals surface area contributed by atoms with Crippen LogP contribution in [0.4, 0.5) is 0 Å². The standard InChI is InChI=1S/C17H19N3O2/c21-12-14-1-4-15(9-14)20-10-13-2-5-16(6-3-13)22-17-11-18-7-8-19-17/h1-8,11,14-15,20-21H,9-10,12H2/t14-,15+/m0/s1. The van der Waals surface area contributed by atoms with Gasteiger partial charge in [-0.2, -0.15) is 0 Å². The smallest absolute Gasteiger partial charge is 0.237 e. The second-order valence-electron chi connectivity index (χ2n) is 5.34. The van der Waals surface area contributed by atoms with Crippen molar-refractivity contribution in [3.8, 4) is 11.6 Å². The van der Waals surface area contributed by atoms with Gasteiger partial charge in [-0.1, -0.05) is 24.3 Å². The fraction of sp³-hybridized carbons (Fsp3) is 0.294. The number of aliphatic hydroxyl groups excluding tert-OH is 1. The molecule has 0 spiro atoms. The molecule has 1 aromatic carbocycles. The highest BCUT2D eigenvalue weighted by atomic mass is 16.5. The molecule has 3 rings (SSSR count). The molecule has 0 bridgehead atoms. The summed E-state index contributed by atoms with van der Waals surface area (Å²) in [7, 11) is 0. The Morgan fingerprint density at radius 2 is 2.05 bits per heavy atom. The van der Waals surface area contributed by atoms with Crippen molar-refractivity contribution in [1.29, 1.82) is 0 Å². The first kappa shape index (κ1) is 14.7. The summed E-state index contributed by atoms with van der Waals surface area (Å²) < 4.78 is 5.61. The zero-order valence-corrected chi connectivity index (χ0v) is 12.2. The molecule has 0 saturated carbocycles. The highest BCUT2D eigenvalue weighted by Gasteiger charge is 2.17. The molecule has 1 aromatic heterocycles. The van der Waals surface area contributed by atoms with Crippen LogP contribution >= 0.6 is 0 Å². The van der Waals surface area contributed by atoms with E-state index in [2.05, 4.69) is 27.4 Å². The second kappa shape index (κ2) is 7.15. The van der Waals surface area contributed by atoms with E-state index in [0.29, 0.717) is 17.8 Å². The van der Waals surface area contributed by atoms with E-state index in [9.17, 15) is 0 Å². The van der Waals surface area contributed by atoms with Crippen molar-refractivity contribution >= 4 is 0 Å². The Bertz CT molecular complexity index is 614. The van der Waals surface area contributed by atoms with Crippen LogP contribution in [0, 0.1) is 5.92 Å². The van der Waals surface area contributed by atoms with Crippen molar-refractivity contribution in [3.05, 3.63) is 60.6 Å².